The number of aryl methyl sites for hydroxylation is 2. The van der Waals surface area contributed by atoms with E-state index in [-0.39, 0.29) is 10.5 Å². The number of nitrogens with one attached hydrogen (secondary N) is 2. The molecule has 162 valence electrons. The summed E-state index contributed by atoms with van der Waals surface area (Å²) in [7, 11) is -3.49. The summed E-state index contributed by atoms with van der Waals surface area (Å²) in [5.41, 5.74) is 5.17. The molecule has 0 spiro atoms. The number of amides is 3. The van der Waals surface area contributed by atoms with E-state index in [0.29, 0.717) is 5.56 Å². The zero-order valence-corrected chi connectivity index (χ0v) is 18.4. The number of fused-ring (bicyclic) bond motifs is 3. The van der Waals surface area contributed by atoms with Crippen LogP contribution in [0.4, 0.5) is 10.5 Å². The summed E-state index contributed by atoms with van der Waals surface area (Å²) in [6, 6.07) is 6.14. The fourth-order valence-corrected chi connectivity index (χ4v) is 6.48. The van der Waals surface area contributed by atoms with Gasteiger partial charge in [0, 0.05) is 5.69 Å². The van der Waals surface area contributed by atoms with Crippen LogP contribution in [-0.2, 0) is 41.2 Å². The van der Waals surface area contributed by atoms with E-state index in [1.807, 2.05) is 0 Å². The average molecular weight is 440 g/mol. The van der Waals surface area contributed by atoms with E-state index >= 15 is 0 Å². The Morgan fingerprint density at radius 2 is 1.74 bits per heavy atom. The van der Waals surface area contributed by atoms with Crippen molar-refractivity contribution in [3.63, 3.8) is 0 Å². The van der Waals surface area contributed by atoms with Gasteiger partial charge in [0.2, 0.25) is 0 Å². The topological polar surface area (TPSA) is 108 Å². The van der Waals surface area contributed by atoms with Gasteiger partial charge in [-0.25, -0.2) is 9.00 Å². The number of urea groups is 1. The first-order chi connectivity index (χ1) is 14.7. The van der Waals surface area contributed by atoms with Gasteiger partial charge in [0.05, 0.1) is 16.1 Å². The zero-order valence-electron chi connectivity index (χ0n) is 17.6. The van der Waals surface area contributed by atoms with Crippen LogP contribution < -0.4 is 10.0 Å². The van der Waals surface area contributed by atoms with E-state index < -0.39 is 27.5 Å². The Balaban J connectivity index is 1.54. The van der Waals surface area contributed by atoms with Crippen LogP contribution in [-0.4, -0.2) is 21.3 Å². The van der Waals surface area contributed by atoms with Gasteiger partial charge in [0.1, 0.15) is 0 Å². The van der Waals surface area contributed by atoms with Crippen molar-refractivity contribution in [2.45, 2.75) is 62.9 Å². The third kappa shape index (κ3) is 3.34. The predicted octanol–water partition coefficient (Wildman–Crippen LogP) is 3.61. The standard InChI is InChI=1S/C23H25N3O4S/c1-23(2,29)15-9-10-18-19(12-15)31(30,25-21(18)27)26-22(28)24-20-16-7-3-5-13(16)11-14-6-4-8-17(14)20/h9-12,29H,3-8H2,1-2H3,(H2,24,25,26,27,28,30). The fraction of sp³-hybridized carbons (Fsp3) is 0.391. The minimum absolute atomic E-state index is 0.135. The molecular weight excluding hydrogens is 414 g/mol. The van der Waals surface area contributed by atoms with Crippen molar-refractivity contribution in [1.29, 1.82) is 0 Å². The first-order valence-corrected chi connectivity index (χ1v) is 12.1. The number of carbonyl (C=O) groups excluding carboxylic acids is 2. The third-order valence-corrected chi connectivity index (χ3v) is 8.20. The van der Waals surface area contributed by atoms with Gasteiger partial charge >= 0.3 is 6.03 Å². The molecule has 1 atom stereocenters. The molecule has 7 nitrogen and oxygen atoms in total. The lowest BCUT2D eigenvalue weighted by Crippen LogP contribution is -2.23. The molecule has 3 amide bonds. The Labute approximate surface area is 181 Å². The average Bonchev–Trinajstić information content (AvgIpc) is 3.39. The molecule has 3 aliphatic rings. The largest absolute Gasteiger partial charge is 0.386 e. The Bertz CT molecular complexity index is 1230. The Hall–Kier alpha value is -2.71. The van der Waals surface area contributed by atoms with Gasteiger partial charge in [0.15, 0.2) is 9.92 Å². The van der Waals surface area contributed by atoms with E-state index in [1.165, 1.54) is 23.3 Å². The lowest BCUT2D eigenvalue weighted by molar-refractivity contribution is 0.0782. The van der Waals surface area contributed by atoms with E-state index in [2.05, 4.69) is 20.5 Å². The molecule has 1 aliphatic heterocycles. The van der Waals surface area contributed by atoms with E-state index in [0.717, 1.165) is 55.3 Å². The van der Waals surface area contributed by atoms with Gasteiger partial charge in [-0.15, -0.1) is 4.36 Å². The van der Waals surface area contributed by atoms with Crippen molar-refractivity contribution in [3.8, 4) is 0 Å². The third-order valence-electron chi connectivity index (χ3n) is 6.38. The Morgan fingerprint density at radius 1 is 1.10 bits per heavy atom. The van der Waals surface area contributed by atoms with E-state index in [9.17, 15) is 18.9 Å². The van der Waals surface area contributed by atoms with Crippen molar-refractivity contribution in [2.75, 3.05) is 5.32 Å². The van der Waals surface area contributed by atoms with E-state index in [4.69, 9.17) is 0 Å². The highest BCUT2D eigenvalue weighted by atomic mass is 32.2. The summed E-state index contributed by atoms with van der Waals surface area (Å²) in [5.74, 6) is -0.541. The smallest absolute Gasteiger partial charge is 0.355 e. The zero-order chi connectivity index (χ0) is 22.0. The monoisotopic (exact) mass is 439 g/mol. The molecule has 3 N–H and O–H groups in total. The molecule has 0 radical (unpaired) electrons. The SMILES string of the molecule is CC(C)(O)c1ccc2c(c1)S(=O)(=NC(=O)Nc1c3c(cc4c1CCC4)CCC3)NC2=O. The molecular formula is C23H25N3O4S. The minimum atomic E-state index is -3.49. The maximum atomic E-state index is 13.5. The van der Waals surface area contributed by atoms with Crippen molar-refractivity contribution in [3.05, 3.63) is 57.6 Å². The number of anilines is 1. The number of aliphatic hydroxyl groups is 1. The van der Waals surface area contributed by atoms with Crippen LogP contribution in [0.3, 0.4) is 0 Å². The van der Waals surface area contributed by atoms with Crippen molar-refractivity contribution >= 4 is 27.5 Å². The summed E-state index contributed by atoms with van der Waals surface area (Å²) in [4.78, 5) is 25.4. The predicted molar refractivity (Wildman–Crippen MR) is 118 cm³/mol. The molecule has 0 saturated heterocycles. The number of benzene rings is 2. The first-order valence-electron chi connectivity index (χ1n) is 10.6. The molecule has 0 aromatic heterocycles. The molecule has 5 rings (SSSR count). The van der Waals surface area contributed by atoms with E-state index in [1.54, 1.807) is 19.9 Å². The van der Waals surface area contributed by atoms with Gasteiger partial charge in [-0.3, -0.25) is 9.52 Å². The van der Waals surface area contributed by atoms with Crippen LogP contribution in [0.25, 0.3) is 0 Å². The first kappa shape index (κ1) is 20.2. The molecule has 31 heavy (non-hydrogen) atoms. The summed E-state index contributed by atoms with van der Waals surface area (Å²) in [5, 5.41) is 13.2. The van der Waals surface area contributed by atoms with Crippen LogP contribution in [0, 0.1) is 0 Å². The number of hydrogen-bond donors (Lipinski definition) is 3. The second-order valence-corrected chi connectivity index (χ2v) is 10.9. The van der Waals surface area contributed by atoms with Gasteiger partial charge in [-0.2, -0.15) is 0 Å². The molecule has 8 heteroatoms. The molecule has 1 heterocycles. The molecule has 0 bridgehead atoms. The highest BCUT2D eigenvalue weighted by Gasteiger charge is 2.34. The highest BCUT2D eigenvalue weighted by Crippen LogP contribution is 2.39. The Morgan fingerprint density at radius 3 is 2.35 bits per heavy atom. The summed E-state index contributed by atoms with van der Waals surface area (Å²) >= 11 is 0. The summed E-state index contributed by atoms with van der Waals surface area (Å²) < 4.78 is 19.8. The van der Waals surface area contributed by atoms with Gasteiger partial charge in [-0.05, 0) is 92.3 Å². The lowest BCUT2D eigenvalue weighted by atomic mass is 9.97. The minimum Gasteiger partial charge on any atom is -0.386 e. The second kappa shape index (κ2) is 6.90. The van der Waals surface area contributed by atoms with Crippen LogP contribution in [0.2, 0.25) is 0 Å². The number of rotatable bonds is 2. The van der Waals surface area contributed by atoms with Crippen LogP contribution in [0.15, 0.2) is 33.5 Å². The van der Waals surface area contributed by atoms with Crippen LogP contribution >= 0.6 is 0 Å². The lowest BCUT2D eigenvalue weighted by Gasteiger charge is -2.18. The summed E-state index contributed by atoms with van der Waals surface area (Å²) in [6.07, 6.45) is 5.92. The normalized spacial score (nSPS) is 21.3. The molecule has 2 aromatic carbocycles. The Kier molecular flexibility index (Phi) is 4.50. The maximum absolute atomic E-state index is 13.5. The molecule has 2 aromatic rings. The summed E-state index contributed by atoms with van der Waals surface area (Å²) in [6.45, 7) is 3.20. The number of carbonyl (C=O) groups is 2. The number of hydrogen-bond acceptors (Lipinski definition) is 4. The highest BCUT2D eigenvalue weighted by molar-refractivity contribution is 7.93. The molecule has 0 fully saturated rings. The van der Waals surface area contributed by atoms with Crippen LogP contribution in [0.5, 0.6) is 0 Å². The van der Waals surface area contributed by atoms with Gasteiger partial charge < -0.3 is 10.4 Å². The van der Waals surface area contributed by atoms with Gasteiger partial charge in [-0.1, -0.05) is 12.1 Å². The molecule has 2 aliphatic carbocycles. The van der Waals surface area contributed by atoms with Crippen molar-refractivity contribution < 1.29 is 18.9 Å². The quantitative estimate of drug-likeness (QED) is 0.664. The molecule has 0 saturated carbocycles. The van der Waals surface area contributed by atoms with Crippen molar-refractivity contribution in [1.82, 2.24) is 4.72 Å². The number of nitrogens with zero attached hydrogens (tertiary/aromatic N) is 1. The van der Waals surface area contributed by atoms with Crippen LogP contribution in [0.1, 0.15) is 64.9 Å². The fourth-order valence-electron chi connectivity index (χ4n) is 4.84. The maximum Gasteiger partial charge on any atom is 0.355 e. The second-order valence-electron chi connectivity index (χ2n) is 8.98. The molecule has 1 unspecified atom stereocenters. The van der Waals surface area contributed by atoms with Gasteiger partial charge in [0.25, 0.3) is 5.91 Å². The van der Waals surface area contributed by atoms with Crippen molar-refractivity contribution in [2.24, 2.45) is 4.36 Å².